The van der Waals surface area contributed by atoms with E-state index in [9.17, 15) is 4.79 Å². The van der Waals surface area contributed by atoms with Crippen molar-refractivity contribution in [3.05, 3.63) is 65.0 Å². The minimum absolute atomic E-state index is 0.0873. The van der Waals surface area contributed by atoms with E-state index in [-0.39, 0.29) is 11.4 Å². The van der Waals surface area contributed by atoms with Crippen molar-refractivity contribution in [2.24, 2.45) is 0 Å². The molecule has 5 heteroatoms. The molecule has 0 saturated carbocycles. The van der Waals surface area contributed by atoms with Crippen LogP contribution in [0.25, 0.3) is 11.1 Å². The minimum Gasteiger partial charge on any atom is -0.444 e. The van der Waals surface area contributed by atoms with E-state index >= 15 is 0 Å². The molecule has 0 aliphatic heterocycles. The predicted molar refractivity (Wildman–Crippen MR) is 77.1 cm³/mol. The van der Waals surface area contributed by atoms with Crippen LogP contribution in [-0.4, -0.2) is 10.7 Å². The van der Waals surface area contributed by atoms with Gasteiger partial charge in [-0.1, -0.05) is 42.5 Å². The highest BCUT2D eigenvalue weighted by Gasteiger charge is 2.14. The van der Waals surface area contributed by atoms with Crippen LogP contribution in [0.2, 0.25) is 0 Å². The zero-order chi connectivity index (χ0) is 13.9. The molecule has 0 saturated heterocycles. The fraction of sp³-hybridized carbons (Fsp3) is 0.0667. The number of nitrogens with zero attached hydrogens (tertiary/aromatic N) is 1. The van der Waals surface area contributed by atoms with Gasteiger partial charge in [0, 0.05) is 0 Å². The first kappa shape index (κ1) is 12.6. The second-order valence-corrected chi connectivity index (χ2v) is 4.56. The van der Waals surface area contributed by atoms with Gasteiger partial charge in [0.15, 0.2) is 5.58 Å². The Bertz CT molecular complexity index is 805. The highest BCUT2D eigenvalue weighted by atomic mass is 32.1. The molecule has 3 aromatic rings. The van der Waals surface area contributed by atoms with Crippen molar-refractivity contribution >= 4 is 29.4 Å². The fourth-order valence-corrected chi connectivity index (χ4v) is 2.19. The number of carbonyl (C=O) groups excluding carboxylic acids is 1. The van der Waals surface area contributed by atoms with Gasteiger partial charge in [-0.2, -0.15) is 0 Å². The summed E-state index contributed by atoms with van der Waals surface area (Å²) < 4.78 is 11.9. The van der Waals surface area contributed by atoms with E-state index in [1.807, 2.05) is 42.5 Å². The minimum atomic E-state index is -0.538. The van der Waals surface area contributed by atoms with Gasteiger partial charge in [-0.25, -0.2) is 9.36 Å². The van der Waals surface area contributed by atoms with Gasteiger partial charge in [-0.05, 0) is 29.9 Å². The van der Waals surface area contributed by atoms with E-state index < -0.39 is 6.09 Å². The number of hydrogen-bond donors (Lipinski definition) is 0. The largest absolute Gasteiger partial charge is 0.444 e. The Kier molecular flexibility index (Phi) is 3.35. The third-order valence-corrected chi connectivity index (χ3v) is 3.14. The number of rotatable bonds is 2. The molecule has 0 unspecified atom stereocenters. The number of carbonyl (C=O) groups is 1. The number of benzene rings is 2. The molecule has 0 spiro atoms. The maximum atomic E-state index is 12.1. The Morgan fingerprint density at radius 2 is 1.80 bits per heavy atom. The van der Waals surface area contributed by atoms with Crippen LogP contribution < -0.4 is 0 Å². The van der Waals surface area contributed by atoms with Gasteiger partial charge in [0.1, 0.15) is 6.61 Å². The van der Waals surface area contributed by atoms with Crippen LogP contribution >= 0.6 is 12.2 Å². The second kappa shape index (κ2) is 5.30. The lowest BCUT2D eigenvalue weighted by atomic mass is 10.2. The van der Waals surface area contributed by atoms with Crippen molar-refractivity contribution in [1.29, 1.82) is 0 Å². The molecule has 0 N–H and O–H groups in total. The number of fused-ring (bicyclic) bond motifs is 1. The number of aromatic nitrogens is 1. The average Bonchev–Trinajstić information content (AvgIpc) is 2.82. The zero-order valence-electron chi connectivity index (χ0n) is 10.5. The zero-order valence-corrected chi connectivity index (χ0v) is 11.3. The molecular weight excluding hydrogens is 274 g/mol. The van der Waals surface area contributed by atoms with Crippen molar-refractivity contribution < 1.29 is 13.9 Å². The van der Waals surface area contributed by atoms with Crippen molar-refractivity contribution in [2.45, 2.75) is 6.61 Å². The van der Waals surface area contributed by atoms with Gasteiger partial charge < -0.3 is 9.15 Å². The monoisotopic (exact) mass is 285 g/mol. The summed E-state index contributed by atoms with van der Waals surface area (Å²) in [5, 5.41) is 0. The highest BCUT2D eigenvalue weighted by molar-refractivity contribution is 7.71. The maximum Gasteiger partial charge on any atom is 0.422 e. The van der Waals surface area contributed by atoms with Crippen LogP contribution in [0.5, 0.6) is 0 Å². The normalized spacial score (nSPS) is 10.6. The van der Waals surface area contributed by atoms with E-state index in [2.05, 4.69) is 0 Å². The van der Waals surface area contributed by atoms with Crippen molar-refractivity contribution in [1.82, 2.24) is 4.57 Å². The topological polar surface area (TPSA) is 44.4 Å². The van der Waals surface area contributed by atoms with Crippen LogP contribution in [0.1, 0.15) is 5.56 Å². The summed E-state index contributed by atoms with van der Waals surface area (Å²) in [6.45, 7) is 0.195. The molecule has 0 bridgehead atoms. The van der Waals surface area contributed by atoms with E-state index in [1.165, 1.54) is 4.57 Å². The Morgan fingerprint density at radius 3 is 2.60 bits per heavy atom. The summed E-state index contributed by atoms with van der Waals surface area (Å²) in [7, 11) is 0. The molecule has 100 valence electrons. The summed E-state index contributed by atoms with van der Waals surface area (Å²) in [5.74, 6) is 0. The Labute approximate surface area is 120 Å². The first-order valence-electron chi connectivity index (χ1n) is 6.07. The summed E-state index contributed by atoms with van der Waals surface area (Å²) in [4.78, 5) is 12.2. The fourth-order valence-electron chi connectivity index (χ4n) is 1.92. The molecule has 1 aromatic heterocycles. The number of ether oxygens (including phenoxy) is 1. The number of para-hydroxylation sites is 2. The molecule has 4 nitrogen and oxygen atoms in total. The quantitative estimate of drug-likeness (QED) is 0.663. The third kappa shape index (κ3) is 2.35. The standard InChI is InChI=1S/C15H11NO3S/c17-14(18-10-11-6-2-1-3-7-11)16-12-8-4-5-9-13(12)19-15(16)20/h1-9H,10H2. The SMILES string of the molecule is O=C(OCc1ccccc1)n1c(=S)oc2ccccc21. The van der Waals surface area contributed by atoms with Crippen LogP contribution in [0.15, 0.2) is 59.0 Å². The van der Waals surface area contributed by atoms with E-state index in [1.54, 1.807) is 12.1 Å². The number of hydrogen-bond acceptors (Lipinski definition) is 4. The molecule has 0 amide bonds. The molecule has 0 aliphatic rings. The van der Waals surface area contributed by atoms with Crippen molar-refractivity contribution in [3.63, 3.8) is 0 Å². The molecule has 0 atom stereocenters. The van der Waals surface area contributed by atoms with Crippen molar-refractivity contribution in [3.8, 4) is 0 Å². The number of oxazole rings is 1. The smallest absolute Gasteiger partial charge is 0.422 e. The third-order valence-electron chi connectivity index (χ3n) is 2.87. The van der Waals surface area contributed by atoms with Crippen molar-refractivity contribution in [2.75, 3.05) is 0 Å². The van der Waals surface area contributed by atoms with Gasteiger partial charge in [0.25, 0.3) is 4.84 Å². The molecule has 1 heterocycles. The van der Waals surface area contributed by atoms with Gasteiger partial charge in [-0.3, -0.25) is 0 Å². The molecular formula is C15H11NO3S. The van der Waals surface area contributed by atoms with Crippen LogP contribution in [0.3, 0.4) is 0 Å². The first-order valence-corrected chi connectivity index (χ1v) is 6.48. The van der Waals surface area contributed by atoms with E-state index in [0.717, 1.165) is 5.56 Å². The lowest BCUT2D eigenvalue weighted by molar-refractivity contribution is 0.141. The highest BCUT2D eigenvalue weighted by Crippen LogP contribution is 2.17. The van der Waals surface area contributed by atoms with Gasteiger partial charge >= 0.3 is 6.09 Å². The van der Waals surface area contributed by atoms with Gasteiger partial charge in [0.05, 0.1) is 5.52 Å². The van der Waals surface area contributed by atoms with Crippen LogP contribution in [0, 0.1) is 4.84 Å². The molecule has 0 fully saturated rings. The van der Waals surface area contributed by atoms with Crippen LogP contribution in [0.4, 0.5) is 4.79 Å². The maximum absolute atomic E-state index is 12.1. The summed E-state index contributed by atoms with van der Waals surface area (Å²) in [5.41, 5.74) is 2.09. The Balaban J connectivity index is 1.86. The Hall–Kier alpha value is -2.40. The lowest BCUT2D eigenvalue weighted by Crippen LogP contribution is -2.13. The van der Waals surface area contributed by atoms with Crippen LogP contribution in [-0.2, 0) is 11.3 Å². The second-order valence-electron chi connectivity index (χ2n) is 4.21. The average molecular weight is 285 g/mol. The van der Waals surface area contributed by atoms with Gasteiger partial charge in [-0.15, -0.1) is 0 Å². The summed E-state index contributed by atoms with van der Waals surface area (Å²) in [6, 6.07) is 16.6. The van der Waals surface area contributed by atoms with Gasteiger partial charge in [0.2, 0.25) is 0 Å². The Morgan fingerprint density at radius 1 is 1.10 bits per heavy atom. The molecule has 3 rings (SSSR count). The first-order chi connectivity index (χ1) is 9.75. The van der Waals surface area contributed by atoms with E-state index in [0.29, 0.717) is 11.1 Å². The molecule has 2 aromatic carbocycles. The predicted octanol–water partition coefficient (Wildman–Crippen LogP) is 4.15. The molecule has 0 radical (unpaired) electrons. The lowest BCUT2D eigenvalue weighted by Gasteiger charge is -2.05. The molecule has 20 heavy (non-hydrogen) atoms. The molecule has 0 aliphatic carbocycles. The summed E-state index contributed by atoms with van der Waals surface area (Å²) in [6.07, 6.45) is -0.538. The summed E-state index contributed by atoms with van der Waals surface area (Å²) >= 11 is 5.06. The van der Waals surface area contributed by atoms with E-state index in [4.69, 9.17) is 21.4 Å².